The summed E-state index contributed by atoms with van der Waals surface area (Å²) >= 11 is 0. The van der Waals surface area contributed by atoms with Crippen LogP contribution in [0.3, 0.4) is 0 Å². The Balaban J connectivity index is 1.45. The number of hydrogen-bond acceptors (Lipinski definition) is 4. The van der Waals surface area contributed by atoms with Gasteiger partial charge >= 0.3 is 6.18 Å². The standard InChI is InChI=1S/C20H27F3N4O2/c21-20(22,23)12-18(28)26-10-6-17(7-11-26)27-9-3-4-15(14-27)19(29)25-13-16-5-1-2-8-24-16/h1-2,5,8,15,17H,3-4,6-7,9-14H2,(H,25,29)/t15-/m1/s1. The first kappa shape index (κ1) is 21.5. The minimum absolute atomic E-state index is 0.0122. The van der Waals surface area contributed by atoms with Crippen LogP contribution in [-0.4, -0.2) is 65.0 Å². The zero-order valence-corrected chi connectivity index (χ0v) is 16.3. The van der Waals surface area contributed by atoms with Gasteiger partial charge in [0.25, 0.3) is 0 Å². The molecule has 2 aliphatic heterocycles. The van der Waals surface area contributed by atoms with Gasteiger partial charge in [-0.25, -0.2) is 0 Å². The lowest BCUT2D eigenvalue weighted by Crippen LogP contribution is -2.51. The maximum Gasteiger partial charge on any atom is 0.397 e. The van der Waals surface area contributed by atoms with Gasteiger partial charge in [-0.05, 0) is 44.4 Å². The van der Waals surface area contributed by atoms with Crippen molar-refractivity contribution in [2.75, 3.05) is 26.2 Å². The van der Waals surface area contributed by atoms with Crippen molar-refractivity contribution < 1.29 is 22.8 Å². The molecule has 3 rings (SSSR count). The summed E-state index contributed by atoms with van der Waals surface area (Å²) in [6.45, 7) is 2.61. The van der Waals surface area contributed by atoms with Gasteiger partial charge in [-0.15, -0.1) is 0 Å². The molecule has 0 bridgehead atoms. The van der Waals surface area contributed by atoms with Crippen molar-refractivity contribution in [3.63, 3.8) is 0 Å². The highest BCUT2D eigenvalue weighted by atomic mass is 19.4. The zero-order valence-electron chi connectivity index (χ0n) is 16.3. The van der Waals surface area contributed by atoms with Crippen LogP contribution in [0.15, 0.2) is 24.4 Å². The topological polar surface area (TPSA) is 65.5 Å². The fourth-order valence-electron chi connectivity index (χ4n) is 4.14. The van der Waals surface area contributed by atoms with Gasteiger partial charge in [0.2, 0.25) is 11.8 Å². The second kappa shape index (κ2) is 9.56. The molecule has 2 fully saturated rings. The van der Waals surface area contributed by atoms with E-state index in [9.17, 15) is 22.8 Å². The molecular weight excluding hydrogens is 385 g/mol. The molecule has 1 N–H and O–H groups in total. The number of halogens is 3. The molecule has 0 unspecified atom stereocenters. The normalized spacial score (nSPS) is 21.8. The second-order valence-electron chi connectivity index (χ2n) is 7.78. The number of pyridine rings is 1. The van der Waals surface area contributed by atoms with Crippen LogP contribution < -0.4 is 5.32 Å². The molecule has 9 heteroatoms. The SMILES string of the molecule is O=C(NCc1ccccn1)[C@@H]1CCCN(C2CCN(C(=O)CC(F)(F)F)CC2)C1. The Morgan fingerprint density at radius 3 is 2.55 bits per heavy atom. The van der Waals surface area contributed by atoms with Gasteiger partial charge in [0, 0.05) is 31.9 Å². The largest absolute Gasteiger partial charge is 0.397 e. The number of piperidine rings is 2. The molecule has 160 valence electrons. The number of nitrogens with zero attached hydrogens (tertiary/aromatic N) is 3. The highest BCUT2D eigenvalue weighted by Gasteiger charge is 2.36. The van der Waals surface area contributed by atoms with Crippen LogP contribution in [0, 0.1) is 5.92 Å². The van der Waals surface area contributed by atoms with E-state index in [0.717, 1.165) is 25.1 Å². The lowest BCUT2D eigenvalue weighted by molar-refractivity contribution is -0.162. The van der Waals surface area contributed by atoms with Gasteiger partial charge in [-0.1, -0.05) is 6.07 Å². The van der Waals surface area contributed by atoms with Crippen molar-refractivity contribution in [3.05, 3.63) is 30.1 Å². The molecule has 3 heterocycles. The number of alkyl halides is 3. The van der Waals surface area contributed by atoms with E-state index in [1.807, 2.05) is 18.2 Å². The Labute approximate surface area is 168 Å². The van der Waals surface area contributed by atoms with Crippen LogP contribution in [-0.2, 0) is 16.1 Å². The lowest BCUT2D eigenvalue weighted by atomic mass is 9.93. The minimum atomic E-state index is -4.46. The molecule has 0 aromatic carbocycles. The van der Waals surface area contributed by atoms with Crippen LogP contribution in [0.1, 0.15) is 37.8 Å². The van der Waals surface area contributed by atoms with Gasteiger partial charge < -0.3 is 10.2 Å². The fraction of sp³-hybridized carbons (Fsp3) is 0.650. The van der Waals surface area contributed by atoms with Crippen molar-refractivity contribution in [1.29, 1.82) is 0 Å². The van der Waals surface area contributed by atoms with E-state index in [-0.39, 0.29) is 17.9 Å². The first-order chi connectivity index (χ1) is 13.8. The summed E-state index contributed by atoms with van der Waals surface area (Å²) in [6, 6.07) is 5.77. The number of rotatable bonds is 5. The van der Waals surface area contributed by atoms with E-state index in [1.54, 1.807) is 6.20 Å². The average Bonchev–Trinajstić information content (AvgIpc) is 2.72. The smallest absolute Gasteiger partial charge is 0.350 e. The van der Waals surface area contributed by atoms with Crippen molar-refractivity contribution in [2.45, 2.75) is 50.9 Å². The summed E-state index contributed by atoms with van der Waals surface area (Å²) in [5.74, 6) is -0.933. The van der Waals surface area contributed by atoms with E-state index in [0.29, 0.717) is 39.0 Å². The molecule has 2 aliphatic rings. The van der Waals surface area contributed by atoms with Crippen molar-refractivity contribution >= 4 is 11.8 Å². The van der Waals surface area contributed by atoms with Gasteiger partial charge in [0.1, 0.15) is 6.42 Å². The molecule has 0 spiro atoms. The first-order valence-corrected chi connectivity index (χ1v) is 10.1. The van der Waals surface area contributed by atoms with E-state index in [2.05, 4.69) is 15.2 Å². The zero-order chi connectivity index (χ0) is 20.9. The van der Waals surface area contributed by atoms with E-state index >= 15 is 0 Å². The predicted molar refractivity (Wildman–Crippen MR) is 101 cm³/mol. The van der Waals surface area contributed by atoms with Crippen LogP contribution in [0.4, 0.5) is 13.2 Å². The Kier molecular flexibility index (Phi) is 7.10. The number of hydrogen-bond donors (Lipinski definition) is 1. The molecule has 2 saturated heterocycles. The van der Waals surface area contributed by atoms with Crippen molar-refractivity contribution in [2.24, 2.45) is 5.92 Å². The maximum atomic E-state index is 12.5. The molecule has 1 atom stereocenters. The van der Waals surface area contributed by atoms with Gasteiger partial charge in [-0.3, -0.25) is 19.5 Å². The van der Waals surface area contributed by atoms with Crippen molar-refractivity contribution in [1.82, 2.24) is 20.1 Å². The molecule has 2 amide bonds. The summed E-state index contributed by atoms with van der Waals surface area (Å²) in [5.41, 5.74) is 0.810. The Morgan fingerprint density at radius 2 is 1.90 bits per heavy atom. The second-order valence-corrected chi connectivity index (χ2v) is 7.78. The minimum Gasteiger partial charge on any atom is -0.350 e. The highest BCUT2D eigenvalue weighted by Crippen LogP contribution is 2.26. The molecule has 0 saturated carbocycles. The summed E-state index contributed by atoms with van der Waals surface area (Å²) in [6.07, 6.45) is -1.13. The maximum absolute atomic E-state index is 12.5. The molecule has 1 aromatic heterocycles. The third-order valence-electron chi connectivity index (χ3n) is 5.68. The molecule has 6 nitrogen and oxygen atoms in total. The van der Waals surface area contributed by atoms with Crippen LogP contribution >= 0.6 is 0 Å². The summed E-state index contributed by atoms with van der Waals surface area (Å²) in [7, 11) is 0. The summed E-state index contributed by atoms with van der Waals surface area (Å²) in [4.78, 5) is 32.1. The van der Waals surface area contributed by atoms with Crippen LogP contribution in [0.2, 0.25) is 0 Å². The number of carbonyl (C=O) groups excluding carboxylic acids is 2. The molecule has 0 radical (unpaired) electrons. The van der Waals surface area contributed by atoms with E-state index in [4.69, 9.17) is 0 Å². The molecule has 1 aromatic rings. The van der Waals surface area contributed by atoms with Gasteiger partial charge in [0.05, 0.1) is 18.2 Å². The molecule has 29 heavy (non-hydrogen) atoms. The van der Waals surface area contributed by atoms with E-state index in [1.165, 1.54) is 4.90 Å². The Bertz CT molecular complexity index is 691. The number of amides is 2. The predicted octanol–water partition coefficient (Wildman–Crippen LogP) is 2.35. The Hall–Kier alpha value is -2.16. The van der Waals surface area contributed by atoms with Gasteiger partial charge in [-0.2, -0.15) is 13.2 Å². The van der Waals surface area contributed by atoms with Crippen molar-refractivity contribution in [3.8, 4) is 0 Å². The van der Waals surface area contributed by atoms with Crippen LogP contribution in [0.5, 0.6) is 0 Å². The molecular formula is C20H27F3N4O2. The number of likely N-dealkylation sites (tertiary alicyclic amines) is 2. The summed E-state index contributed by atoms with van der Waals surface area (Å²) < 4.78 is 37.3. The number of aromatic nitrogens is 1. The lowest BCUT2D eigenvalue weighted by Gasteiger charge is -2.42. The monoisotopic (exact) mass is 412 g/mol. The fourth-order valence-corrected chi connectivity index (χ4v) is 4.14. The number of nitrogens with one attached hydrogen (secondary N) is 1. The summed E-state index contributed by atoms with van der Waals surface area (Å²) in [5, 5.41) is 2.95. The average molecular weight is 412 g/mol. The number of carbonyl (C=O) groups is 2. The van der Waals surface area contributed by atoms with E-state index < -0.39 is 18.5 Å². The van der Waals surface area contributed by atoms with Crippen LogP contribution in [0.25, 0.3) is 0 Å². The third kappa shape index (κ3) is 6.42. The molecule has 0 aliphatic carbocycles. The Morgan fingerprint density at radius 1 is 1.14 bits per heavy atom. The quantitative estimate of drug-likeness (QED) is 0.807. The third-order valence-corrected chi connectivity index (χ3v) is 5.68. The highest BCUT2D eigenvalue weighted by molar-refractivity contribution is 5.79. The first-order valence-electron chi connectivity index (χ1n) is 10.1. The van der Waals surface area contributed by atoms with Gasteiger partial charge in [0.15, 0.2) is 0 Å².